The van der Waals surface area contributed by atoms with Crippen molar-refractivity contribution in [1.29, 1.82) is 5.26 Å². The van der Waals surface area contributed by atoms with E-state index in [1.54, 1.807) is 0 Å². The average Bonchev–Trinajstić information content (AvgIpc) is 2.40. The van der Waals surface area contributed by atoms with Crippen LogP contribution < -0.4 is 0 Å². The van der Waals surface area contributed by atoms with Crippen molar-refractivity contribution in [1.82, 2.24) is 4.90 Å². The third-order valence-corrected chi connectivity index (χ3v) is 3.46. The molecule has 94 valence electrons. The maximum Gasteiger partial charge on any atom is 0.138 e. The van der Waals surface area contributed by atoms with Gasteiger partial charge < -0.3 is 0 Å². The summed E-state index contributed by atoms with van der Waals surface area (Å²) >= 11 is 0. The number of nitriles is 1. The molecule has 1 atom stereocenters. The molecule has 0 unspecified atom stereocenters. The number of Topliss-reactive ketones (excluding diaryl/α,β-unsaturated/α-hetero) is 1. The van der Waals surface area contributed by atoms with Crippen LogP contribution in [0.5, 0.6) is 0 Å². The number of nitrogens with zero attached hydrogens (tertiary/aromatic N) is 2. The molecule has 0 saturated carbocycles. The lowest BCUT2D eigenvalue weighted by Gasteiger charge is -2.31. The van der Waals surface area contributed by atoms with Gasteiger partial charge in [-0.3, -0.25) is 9.69 Å². The predicted molar refractivity (Wildman–Crippen MR) is 69.7 cm³/mol. The van der Waals surface area contributed by atoms with Crippen LogP contribution in [-0.2, 0) is 11.3 Å². The zero-order valence-electron chi connectivity index (χ0n) is 10.5. The molecule has 18 heavy (non-hydrogen) atoms. The second-order valence-corrected chi connectivity index (χ2v) is 4.83. The number of benzene rings is 1. The van der Waals surface area contributed by atoms with Gasteiger partial charge in [0, 0.05) is 38.4 Å². The monoisotopic (exact) mass is 242 g/mol. The van der Waals surface area contributed by atoms with Crippen molar-refractivity contribution in [3.63, 3.8) is 0 Å². The van der Waals surface area contributed by atoms with Gasteiger partial charge in [0.05, 0.1) is 6.07 Å². The molecule has 2 rings (SSSR count). The smallest absolute Gasteiger partial charge is 0.138 e. The second-order valence-electron chi connectivity index (χ2n) is 4.83. The molecular formula is C15H18N2O. The number of carbonyl (C=O) groups excluding carboxylic acids is 1. The van der Waals surface area contributed by atoms with Crippen molar-refractivity contribution in [2.45, 2.75) is 25.8 Å². The van der Waals surface area contributed by atoms with E-state index in [1.165, 1.54) is 5.56 Å². The van der Waals surface area contributed by atoms with Crippen molar-refractivity contribution >= 4 is 5.78 Å². The normalized spacial score (nSPS) is 20.6. The van der Waals surface area contributed by atoms with Crippen molar-refractivity contribution in [3.05, 3.63) is 35.9 Å². The Hall–Kier alpha value is -1.66. The lowest BCUT2D eigenvalue weighted by atomic mass is 9.92. The van der Waals surface area contributed by atoms with Crippen LogP contribution in [0.2, 0.25) is 0 Å². The fourth-order valence-corrected chi connectivity index (χ4v) is 2.45. The number of hydrogen-bond donors (Lipinski definition) is 0. The van der Waals surface area contributed by atoms with Gasteiger partial charge in [-0.15, -0.1) is 0 Å². The summed E-state index contributed by atoms with van der Waals surface area (Å²) in [5, 5.41) is 8.61. The fraction of sp³-hybridized carbons (Fsp3) is 0.467. The van der Waals surface area contributed by atoms with Gasteiger partial charge in [0.2, 0.25) is 0 Å². The molecule has 0 amide bonds. The Labute approximate surface area is 108 Å². The summed E-state index contributed by atoms with van der Waals surface area (Å²) in [6, 6.07) is 12.4. The van der Waals surface area contributed by atoms with E-state index in [-0.39, 0.29) is 5.92 Å². The summed E-state index contributed by atoms with van der Waals surface area (Å²) in [6.45, 7) is 2.55. The van der Waals surface area contributed by atoms with Gasteiger partial charge in [-0.2, -0.15) is 5.26 Å². The molecule has 1 heterocycles. The largest absolute Gasteiger partial charge is 0.299 e. The van der Waals surface area contributed by atoms with E-state index in [9.17, 15) is 4.79 Å². The Morgan fingerprint density at radius 2 is 2.11 bits per heavy atom. The zero-order valence-corrected chi connectivity index (χ0v) is 10.5. The molecule has 0 spiro atoms. The summed E-state index contributed by atoms with van der Waals surface area (Å²) < 4.78 is 0. The van der Waals surface area contributed by atoms with Gasteiger partial charge in [0.25, 0.3) is 0 Å². The quantitative estimate of drug-likeness (QED) is 0.814. The van der Waals surface area contributed by atoms with Crippen LogP contribution in [0.1, 0.15) is 24.8 Å². The molecule has 0 aromatic heterocycles. The highest BCUT2D eigenvalue weighted by molar-refractivity contribution is 5.82. The summed E-state index contributed by atoms with van der Waals surface area (Å²) in [4.78, 5) is 14.1. The Bertz CT molecular complexity index is 436. The van der Waals surface area contributed by atoms with Crippen LogP contribution in [-0.4, -0.2) is 23.8 Å². The Morgan fingerprint density at radius 3 is 2.83 bits per heavy atom. The molecule has 0 radical (unpaired) electrons. The lowest BCUT2D eigenvalue weighted by molar-refractivity contribution is -0.126. The zero-order chi connectivity index (χ0) is 12.8. The van der Waals surface area contributed by atoms with E-state index in [1.807, 2.05) is 18.2 Å². The van der Waals surface area contributed by atoms with Crippen molar-refractivity contribution in [2.24, 2.45) is 5.92 Å². The highest BCUT2D eigenvalue weighted by atomic mass is 16.1. The number of carbonyl (C=O) groups is 1. The van der Waals surface area contributed by atoms with E-state index in [0.717, 1.165) is 19.6 Å². The van der Waals surface area contributed by atoms with Gasteiger partial charge in [-0.1, -0.05) is 30.3 Å². The number of ketones is 1. The summed E-state index contributed by atoms with van der Waals surface area (Å²) in [7, 11) is 0. The molecule has 1 aromatic carbocycles. The summed E-state index contributed by atoms with van der Waals surface area (Å²) in [6.07, 6.45) is 1.82. The third kappa shape index (κ3) is 3.41. The molecule has 0 aliphatic carbocycles. The lowest BCUT2D eigenvalue weighted by Crippen LogP contribution is -2.40. The average molecular weight is 242 g/mol. The van der Waals surface area contributed by atoms with Crippen LogP contribution in [0, 0.1) is 17.2 Å². The van der Waals surface area contributed by atoms with Gasteiger partial charge in [-0.25, -0.2) is 0 Å². The topological polar surface area (TPSA) is 44.1 Å². The first-order valence-corrected chi connectivity index (χ1v) is 6.45. The molecule has 3 heteroatoms. The van der Waals surface area contributed by atoms with Crippen LogP contribution in [0.25, 0.3) is 0 Å². The molecule has 1 aliphatic rings. The Kier molecular flexibility index (Phi) is 4.49. The molecule has 1 saturated heterocycles. The first-order valence-electron chi connectivity index (χ1n) is 6.45. The first-order chi connectivity index (χ1) is 8.79. The standard InChI is InChI=1S/C15H18N2O/c16-9-4-7-14-12-17(10-8-15(14)18)11-13-5-2-1-3-6-13/h1-3,5-6,14H,4,7-8,10-12H2/t14-/m0/s1. The molecule has 3 nitrogen and oxygen atoms in total. The van der Waals surface area contributed by atoms with Gasteiger partial charge in [-0.05, 0) is 12.0 Å². The highest BCUT2D eigenvalue weighted by Crippen LogP contribution is 2.19. The minimum Gasteiger partial charge on any atom is -0.299 e. The highest BCUT2D eigenvalue weighted by Gasteiger charge is 2.26. The predicted octanol–water partition coefficient (Wildman–Crippen LogP) is 2.38. The van der Waals surface area contributed by atoms with Crippen LogP contribution in [0.15, 0.2) is 30.3 Å². The maximum atomic E-state index is 11.8. The maximum absolute atomic E-state index is 11.8. The molecule has 0 N–H and O–H groups in total. The number of hydrogen-bond acceptors (Lipinski definition) is 3. The van der Waals surface area contributed by atoms with E-state index in [4.69, 9.17) is 5.26 Å². The van der Waals surface area contributed by atoms with Gasteiger partial charge in [0.15, 0.2) is 0 Å². The van der Waals surface area contributed by atoms with Crippen LogP contribution >= 0.6 is 0 Å². The van der Waals surface area contributed by atoms with Crippen molar-refractivity contribution < 1.29 is 4.79 Å². The fourth-order valence-electron chi connectivity index (χ4n) is 2.45. The SMILES string of the molecule is N#CCC[C@H]1CN(Cc2ccccc2)CCC1=O. The minimum absolute atomic E-state index is 0.0575. The first kappa shape index (κ1) is 12.8. The number of piperidine rings is 1. The summed E-state index contributed by atoms with van der Waals surface area (Å²) in [5.41, 5.74) is 1.28. The minimum atomic E-state index is 0.0575. The second kappa shape index (κ2) is 6.32. The molecule has 1 aromatic rings. The summed E-state index contributed by atoms with van der Waals surface area (Å²) in [5.74, 6) is 0.386. The van der Waals surface area contributed by atoms with Crippen molar-refractivity contribution in [3.8, 4) is 6.07 Å². The number of likely N-dealkylation sites (tertiary alicyclic amines) is 1. The molecule has 1 aliphatic heterocycles. The molecule has 0 bridgehead atoms. The van der Waals surface area contributed by atoms with Crippen LogP contribution in [0.4, 0.5) is 0 Å². The molecular weight excluding hydrogens is 224 g/mol. The number of rotatable bonds is 4. The molecule has 1 fully saturated rings. The van der Waals surface area contributed by atoms with E-state index >= 15 is 0 Å². The van der Waals surface area contributed by atoms with E-state index in [2.05, 4.69) is 23.1 Å². The Balaban J connectivity index is 1.91. The van der Waals surface area contributed by atoms with Crippen LogP contribution in [0.3, 0.4) is 0 Å². The van der Waals surface area contributed by atoms with Gasteiger partial charge in [0.1, 0.15) is 5.78 Å². The van der Waals surface area contributed by atoms with E-state index < -0.39 is 0 Å². The van der Waals surface area contributed by atoms with Gasteiger partial charge >= 0.3 is 0 Å². The third-order valence-electron chi connectivity index (χ3n) is 3.46. The van der Waals surface area contributed by atoms with Crippen molar-refractivity contribution in [2.75, 3.05) is 13.1 Å². The Morgan fingerprint density at radius 1 is 1.33 bits per heavy atom. The van der Waals surface area contributed by atoms with E-state index in [0.29, 0.717) is 25.0 Å².